The molecular formula is C9H9ClO3S. The predicted molar refractivity (Wildman–Crippen MR) is 55.1 cm³/mol. The highest BCUT2D eigenvalue weighted by Gasteiger charge is 2.10. The Balaban J connectivity index is 3.19. The molecule has 14 heavy (non-hydrogen) atoms. The summed E-state index contributed by atoms with van der Waals surface area (Å²) in [6, 6.07) is 4.35. The van der Waals surface area contributed by atoms with Crippen molar-refractivity contribution in [2.24, 2.45) is 0 Å². The first kappa shape index (κ1) is 11.4. The molecular weight excluding hydrogens is 224 g/mol. The van der Waals surface area contributed by atoms with E-state index in [1.165, 1.54) is 12.1 Å². The van der Waals surface area contributed by atoms with E-state index >= 15 is 0 Å². The average molecular weight is 233 g/mol. The molecule has 1 rings (SSSR count). The fourth-order valence-electron chi connectivity index (χ4n) is 1.01. The third kappa shape index (κ3) is 2.41. The molecule has 0 radical (unpaired) electrons. The molecule has 0 aromatic heterocycles. The van der Waals surface area contributed by atoms with E-state index in [-0.39, 0.29) is 15.7 Å². The maximum Gasteiger partial charge on any atom is 0.188 e. The summed E-state index contributed by atoms with van der Waals surface area (Å²) in [6.45, 7) is 1.73. The molecule has 1 atom stereocenters. The fraction of sp³-hybridized carbons (Fsp3) is 0.222. The Labute approximate surface area is 89.4 Å². The molecule has 0 fully saturated rings. The van der Waals surface area contributed by atoms with Crippen LogP contribution < -0.4 is 0 Å². The van der Waals surface area contributed by atoms with E-state index in [4.69, 9.17) is 16.2 Å². The molecule has 0 saturated carbocycles. The lowest BCUT2D eigenvalue weighted by Gasteiger charge is -2.02. The Morgan fingerprint density at radius 1 is 1.57 bits per heavy atom. The van der Waals surface area contributed by atoms with Crippen molar-refractivity contribution in [3.63, 3.8) is 0 Å². The molecule has 1 aromatic rings. The first-order chi connectivity index (χ1) is 6.56. The molecule has 1 aromatic carbocycles. The predicted octanol–water partition coefficient (Wildman–Crippen LogP) is 2.51. The van der Waals surface area contributed by atoms with Crippen LogP contribution in [0.5, 0.6) is 0 Å². The summed E-state index contributed by atoms with van der Waals surface area (Å²) in [6.07, 6.45) is 0.360. The monoisotopic (exact) mass is 232 g/mol. The topological polar surface area (TPSA) is 54.4 Å². The van der Waals surface area contributed by atoms with Crippen molar-refractivity contribution in [2.75, 3.05) is 0 Å². The van der Waals surface area contributed by atoms with Crippen molar-refractivity contribution >= 4 is 28.5 Å². The number of carbonyl (C=O) groups excluding carboxylic acids is 1. The van der Waals surface area contributed by atoms with E-state index in [2.05, 4.69) is 0 Å². The lowest BCUT2D eigenvalue weighted by atomic mass is 10.1. The van der Waals surface area contributed by atoms with Gasteiger partial charge in [0.1, 0.15) is 0 Å². The lowest BCUT2D eigenvalue weighted by Crippen LogP contribution is -1.99. The molecule has 0 aliphatic carbocycles. The molecule has 0 aliphatic rings. The highest BCUT2D eigenvalue weighted by Crippen LogP contribution is 2.21. The maximum atomic E-state index is 11.3. The fourth-order valence-corrected chi connectivity index (χ4v) is 1.79. The number of hydrogen-bond donors (Lipinski definition) is 1. The highest BCUT2D eigenvalue weighted by molar-refractivity contribution is 7.79. The second kappa shape index (κ2) is 4.68. The normalized spacial score (nSPS) is 12.5. The SMILES string of the molecule is CCC(=O)c1ccc(Cl)c(S(=O)O)c1. The summed E-state index contributed by atoms with van der Waals surface area (Å²) in [5.41, 5.74) is 0.411. The minimum atomic E-state index is -2.15. The third-order valence-corrected chi connectivity index (χ3v) is 2.92. The Morgan fingerprint density at radius 3 is 2.71 bits per heavy atom. The van der Waals surface area contributed by atoms with Gasteiger partial charge in [-0.15, -0.1) is 0 Å². The van der Waals surface area contributed by atoms with E-state index in [0.29, 0.717) is 12.0 Å². The van der Waals surface area contributed by atoms with E-state index in [0.717, 1.165) is 0 Å². The smallest absolute Gasteiger partial charge is 0.188 e. The van der Waals surface area contributed by atoms with E-state index < -0.39 is 11.1 Å². The minimum Gasteiger partial charge on any atom is -0.302 e. The first-order valence-electron chi connectivity index (χ1n) is 4.00. The van der Waals surface area contributed by atoms with Crippen LogP contribution in [-0.4, -0.2) is 14.5 Å². The second-order valence-corrected chi connectivity index (χ2v) is 4.02. The van der Waals surface area contributed by atoms with Crippen LogP contribution in [0, 0.1) is 0 Å². The van der Waals surface area contributed by atoms with Gasteiger partial charge in [-0.1, -0.05) is 18.5 Å². The van der Waals surface area contributed by atoms with Crippen molar-refractivity contribution < 1.29 is 13.6 Å². The summed E-state index contributed by atoms with van der Waals surface area (Å²) in [5, 5.41) is 0.193. The summed E-state index contributed by atoms with van der Waals surface area (Å²) < 4.78 is 19.7. The number of rotatable bonds is 3. The van der Waals surface area contributed by atoms with Gasteiger partial charge in [0.25, 0.3) is 0 Å². The lowest BCUT2D eigenvalue weighted by molar-refractivity contribution is 0.0988. The van der Waals surface area contributed by atoms with Crippen LogP contribution in [0.2, 0.25) is 5.02 Å². The second-order valence-electron chi connectivity index (χ2n) is 2.67. The van der Waals surface area contributed by atoms with Gasteiger partial charge >= 0.3 is 0 Å². The van der Waals surface area contributed by atoms with Crippen LogP contribution in [0.25, 0.3) is 0 Å². The van der Waals surface area contributed by atoms with Crippen LogP contribution in [-0.2, 0) is 11.1 Å². The molecule has 76 valence electrons. The van der Waals surface area contributed by atoms with Gasteiger partial charge in [0.05, 0.1) is 9.92 Å². The highest BCUT2D eigenvalue weighted by atomic mass is 35.5. The van der Waals surface area contributed by atoms with Crippen LogP contribution in [0.1, 0.15) is 23.7 Å². The van der Waals surface area contributed by atoms with Crippen LogP contribution >= 0.6 is 11.6 Å². The zero-order valence-corrected chi connectivity index (χ0v) is 9.06. The molecule has 0 heterocycles. The molecule has 3 nitrogen and oxygen atoms in total. The van der Waals surface area contributed by atoms with Gasteiger partial charge < -0.3 is 4.55 Å². The average Bonchev–Trinajstić information content (AvgIpc) is 2.17. The van der Waals surface area contributed by atoms with Crippen molar-refractivity contribution in [1.82, 2.24) is 0 Å². The van der Waals surface area contributed by atoms with E-state index in [9.17, 15) is 9.00 Å². The van der Waals surface area contributed by atoms with E-state index in [1.54, 1.807) is 13.0 Å². The molecule has 1 N–H and O–H groups in total. The Hall–Kier alpha value is -0.710. The summed E-state index contributed by atoms with van der Waals surface area (Å²) in [7, 11) is 0. The van der Waals surface area contributed by atoms with Gasteiger partial charge in [0, 0.05) is 12.0 Å². The van der Waals surface area contributed by atoms with Crippen LogP contribution in [0.3, 0.4) is 0 Å². The van der Waals surface area contributed by atoms with Crippen molar-refractivity contribution in [3.8, 4) is 0 Å². The van der Waals surface area contributed by atoms with Gasteiger partial charge in [0.2, 0.25) is 0 Å². The molecule has 0 aliphatic heterocycles. The van der Waals surface area contributed by atoms with Crippen molar-refractivity contribution in [1.29, 1.82) is 0 Å². The van der Waals surface area contributed by atoms with Crippen molar-refractivity contribution in [3.05, 3.63) is 28.8 Å². The Bertz CT molecular complexity index is 390. The Morgan fingerprint density at radius 2 is 2.21 bits per heavy atom. The largest absolute Gasteiger partial charge is 0.302 e. The number of ketones is 1. The Kier molecular flexibility index (Phi) is 3.80. The molecule has 0 amide bonds. The van der Waals surface area contributed by atoms with Crippen LogP contribution in [0.15, 0.2) is 23.1 Å². The zero-order chi connectivity index (χ0) is 10.7. The molecule has 1 unspecified atom stereocenters. The standard InChI is InChI=1S/C9H9ClO3S/c1-2-8(11)6-3-4-7(10)9(5-6)14(12)13/h3-5H,2H2,1H3,(H,12,13). The quantitative estimate of drug-likeness (QED) is 0.644. The van der Waals surface area contributed by atoms with Crippen LogP contribution in [0.4, 0.5) is 0 Å². The number of hydrogen-bond acceptors (Lipinski definition) is 2. The van der Waals surface area contributed by atoms with Gasteiger partial charge in [-0.3, -0.25) is 4.79 Å². The molecule has 5 heteroatoms. The van der Waals surface area contributed by atoms with Gasteiger partial charge in [-0.2, -0.15) is 0 Å². The molecule has 0 bridgehead atoms. The number of Topliss-reactive ketones (excluding diaryl/α,β-unsaturated/α-hetero) is 1. The number of carbonyl (C=O) groups is 1. The summed E-state index contributed by atoms with van der Waals surface area (Å²) >= 11 is 3.52. The van der Waals surface area contributed by atoms with Crippen molar-refractivity contribution in [2.45, 2.75) is 18.2 Å². The summed E-state index contributed by atoms with van der Waals surface area (Å²) in [4.78, 5) is 11.4. The molecule has 0 saturated heterocycles. The first-order valence-corrected chi connectivity index (χ1v) is 5.48. The maximum absolute atomic E-state index is 11.3. The third-order valence-electron chi connectivity index (χ3n) is 1.76. The van der Waals surface area contributed by atoms with Gasteiger partial charge in [-0.05, 0) is 18.2 Å². The molecule has 0 spiro atoms. The summed E-state index contributed by atoms with van der Waals surface area (Å²) in [5.74, 6) is -0.0756. The van der Waals surface area contributed by atoms with E-state index in [1.807, 2.05) is 0 Å². The van der Waals surface area contributed by atoms with Gasteiger partial charge in [-0.25, -0.2) is 4.21 Å². The van der Waals surface area contributed by atoms with Gasteiger partial charge in [0.15, 0.2) is 16.9 Å². The zero-order valence-electron chi connectivity index (χ0n) is 7.49. The number of halogens is 1. The number of benzene rings is 1. The minimum absolute atomic E-state index is 0.0750.